The van der Waals surface area contributed by atoms with Crippen LogP contribution in [0, 0.1) is 0 Å². The fourth-order valence-corrected chi connectivity index (χ4v) is 2.67. The molecule has 4 nitrogen and oxygen atoms in total. The SMILES string of the molecule is CNc1cccc2c1CCN(C(=O)OC(C)(C)C)C2C. The van der Waals surface area contributed by atoms with Gasteiger partial charge in [-0.15, -0.1) is 0 Å². The molecule has 0 spiro atoms. The lowest BCUT2D eigenvalue weighted by Gasteiger charge is -2.37. The lowest BCUT2D eigenvalue weighted by molar-refractivity contribution is 0.0160. The molecule has 0 saturated carbocycles. The molecule has 1 unspecified atom stereocenters. The van der Waals surface area contributed by atoms with Gasteiger partial charge >= 0.3 is 6.09 Å². The Morgan fingerprint density at radius 3 is 2.70 bits per heavy atom. The third-order valence-electron chi connectivity index (χ3n) is 3.63. The minimum atomic E-state index is -0.454. The van der Waals surface area contributed by atoms with Crippen LogP contribution in [0.15, 0.2) is 18.2 Å². The molecule has 0 bridgehead atoms. The number of amides is 1. The zero-order valence-corrected chi connectivity index (χ0v) is 13.0. The Morgan fingerprint density at radius 1 is 1.40 bits per heavy atom. The highest BCUT2D eigenvalue weighted by Gasteiger charge is 2.31. The van der Waals surface area contributed by atoms with Crippen molar-refractivity contribution in [2.45, 2.75) is 45.8 Å². The first-order valence-electron chi connectivity index (χ1n) is 7.12. The van der Waals surface area contributed by atoms with Gasteiger partial charge in [0.25, 0.3) is 0 Å². The van der Waals surface area contributed by atoms with Crippen molar-refractivity contribution in [3.8, 4) is 0 Å². The van der Waals surface area contributed by atoms with Crippen LogP contribution in [0.3, 0.4) is 0 Å². The van der Waals surface area contributed by atoms with Crippen molar-refractivity contribution in [3.05, 3.63) is 29.3 Å². The van der Waals surface area contributed by atoms with E-state index in [4.69, 9.17) is 4.74 Å². The molecule has 0 radical (unpaired) electrons. The summed E-state index contributed by atoms with van der Waals surface area (Å²) in [7, 11) is 1.93. The third kappa shape index (κ3) is 2.89. The van der Waals surface area contributed by atoms with E-state index >= 15 is 0 Å². The molecule has 1 aliphatic heterocycles. The maximum atomic E-state index is 12.3. The molecule has 1 aliphatic rings. The molecule has 1 aromatic carbocycles. The topological polar surface area (TPSA) is 41.6 Å². The lowest BCUT2D eigenvalue weighted by atomic mass is 9.92. The van der Waals surface area contributed by atoms with Crippen LogP contribution < -0.4 is 5.32 Å². The van der Waals surface area contributed by atoms with Crippen molar-refractivity contribution in [2.24, 2.45) is 0 Å². The average Bonchev–Trinajstić information content (AvgIpc) is 2.36. The standard InChI is InChI=1S/C16H24N2O2/c1-11-12-7-6-8-14(17-5)13(12)9-10-18(11)15(19)20-16(2,3)4/h6-8,11,17H,9-10H2,1-5H3. The quantitative estimate of drug-likeness (QED) is 0.852. The molecule has 0 aromatic heterocycles. The van der Waals surface area contributed by atoms with Crippen LogP contribution in [0.25, 0.3) is 0 Å². The molecular weight excluding hydrogens is 252 g/mol. The second-order valence-corrected chi connectivity index (χ2v) is 6.22. The molecule has 1 aromatic rings. The van der Waals surface area contributed by atoms with Gasteiger partial charge in [0.15, 0.2) is 0 Å². The van der Waals surface area contributed by atoms with Gasteiger partial charge in [0.05, 0.1) is 6.04 Å². The van der Waals surface area contributed by atoms with Gasteiger partial charge in [-0.3, -0.25) is 0 Å². The Kier molecular flexibility index (Phi) is 3.93. The number of ether oxygens (including phenoxy) is 1. The summed E-state index contributed by atoms with van der Waals surface area (Å²) in [4.78, 5) is 14.1. The number of nitrogens with one attached hydrogen (secondary N) is 1. The number of fused-ring (bicyclic) bond motifs is 1. The normalized spacial score (nSPS) is 18.4. The number of nitrogens with zero attached hydrogens (tertiary/aromatic N) is 1. The molecule has 0 fully saturated rings. The van der Waals surface area contributed by atoms with Crippen LogP contribution in [0.2, 0.25) is 0 Å². The summed E-state index contributed by atoms with van der Waals surface area (Å²) < 4.78 is 5.49. The van der Waals surface area contributed by atoms with Crippen LogP contribution in [0.4, 0.5) is 10.5 Å². The maximum absolute atomic E-state index is 12.3. The third-order valence-corrected chi connectivity index (χ3v) is 3.63. The molecule has 110 valence electrons. The molecule has 20 heavy (non-hydrogen) atoms. The number of anilines is 1. The maximum Gasteiger partial charge on any atom is 0.410 e. The van der Waals surface area contributed by atoms with Crippen LogP contribution in [0.5, 0.6) is 0 Å². The second kappa shape index (κ2) is 5.35. The highest BCUT2D eigenvalue weighted by molar-refractivity contribution is 5.70. The Balaban J connectivity index is 2.24. The van der Waals surface area contributed by atoms with E-state index in [9.17, 15) is 4.79 Å². The minimum Gasteiger partial charge on any atom is -0.444 e. The molecule has 4 heteroatoms. The van der Waals surface area contributed by atoms with Gasteiger partial charge in [-0.25, -0.2) is 4.79 Å². The van der Waals surface area contributed by atoms with Crippen molar-refractivity contribution in [2.75, 3.05) is 18.9 Å². The number of carbonyl (C=O) groups excluding carboxylic acids is 1. The van der Waals surface area contributed by atoms with Gasteiger partial charge in [0, 0.05) is 19.3 Å². The van der Waals surface area contributed by atoms with E-state index in [2.05, 4.69) is 24.4 Å². The van der Waals surface area contributed by atoms with Crippen LogP contribution >= 0.6 is 0 Å². The largest absolute Gasteiger partial charge is 0.444 e. The Hall–Kier alpha value is -1.71. The van der Waals surface area contributed by atoms with Crippen LogP contribution in [-0.4, -0.2) is 30.2 Å². The van der Waals surface area contributed by atoms with Crippen molar-refractivity contribution in [3.63, 3.8) is 0 Å². The van der Waals surface area contributed by atoms with Gasteiger partial charge in [-0.1, -0.05) is 12.1 Å². The van der Waals surface area contributed by atoms with E-state index < -0.39 is 5.60 Å². The molecule has 0 aliphatic carbocycles. The average molecular weight is 276 g/mol. The smallest absolute Gasteiger partial charge is 0.410 e. The van der Waals surface area contributed by atoms with Gasteiger partial charge in [0.1, 0.15) is 5.60 Å². The highest BCUT2D eigenvalue weighted by Crippen LogP contribution is 2.34. The van der Waals surface area contributed by atoms with Crippen molar-refractivity contribution in [1.82, 2.24) is 4.90 Å². The minimum absolute atomic E-state index is 0.0434. The molecule has 0 saturated heterocycles. The fraction of sp³-hybridized carbons (Fsp3) is 0.562. The van der Waals surface area contributed by atoms with Crippen molar-refractivity contribution in [1.29, 1.82) is 0 Å². The van der Waals surface area contributed by atoms with E-state index in [1.807, 2.05) is 38.8 Å². The number of carbonyl (C=O) groups is 1. The predicted octanol–water partition coefficient (Wildman–Crippen LogP) is 3.58. The molecule has 1 N–H and O–H groups in total. The molecule has 1 heterocycles. The van der Waals surface area contributed by atoms with E-state index in [0.717, 1.165) is 12.1 Å². The summed E-state index contributed by atoms with van der Waals surface area (Å²) in [5.74, 6) is 0. The number of hydrogen-bond donors (Lipinski definition) is 1. The highest BCUT2D eigenvalue weighted by atomic mass is 16.6. The first kappa shape index (κ1) is 14.7. The zero-order valence-electron chi connectivity index (χ0n) is 13.0. The summed E-state index contributed by atoms with van der Waals surface area (Å²) in [6, 6.07) is 6.24. The number of rotatable bonds is 1. The van der Waals surface area contributed by atoms with Gasteiger partial charge in [-0.2, -0.15) is 0 Å². The Labute approximate surface area is 121 Å². The number of benzene rings is 1. The van der Waals surface area contributed by atoms with E-state index in [0.29, 0.717) is 6.54 Å². The van der Waals surface area contributed by atoms with E-state index in [-0.39, 0.29) is 12.1 Å². The monoisotopic (exact) mass is 276 g/mol. The lowest BCUT2D eigenvalue weighted by Crippen LogP contribution is -2.42. The van der Waals surface area contributed by atoms with Gasteiger partial charge in [0.2, 0.25) is 0 Å². The molecular formula is C16H24N2O2. The Morgan fingerprint density at radius 2 is 2.10 bits per heavy atom. The van der Waals surface area contributed by atoms with E-state index in [1.54, 1.807) is 0 Å². The van der Waals surface area contributed by atoms with E-state index in [1.165, 1.54) is 11.1 Å². The van der Waals surface area contributed by atoms with Crippen LogP contribution in [-0.2, 0) is 11.2 Å². The summed E-state index contributed by atoms with van der Waals surface area (Å²) in [6.45, 7) is 8.44. The second-order valence-electron chi connectivity index (χ2n) is 6.22. The fourth-order valence-electron chi connectivity index (χ4n) is 2.67. The predicted molar refractivity (Wildman–Crippen MR) is 81.0 cm³/mol. The zero-order chi connectivity index (χ0) is 14.9. The van der Waals surface area contributed by atoms with Crippen LogP contribution in [0.1, 0.15) is 44.9 Å². The summed E-state index contributed by atoms with van der Waals surface area (Å²) in [6.07, 6.45) is 0.626. The molecule has 2 rings (SSSR count). The van der Waals surface area contributed by atoms with Crippen molar-refractivity contribution >= 4 is 11.8 Å². The Bertz CT molecular complexity index is 506. The van der Waals surface area contributed by atoms with Crippen molar-refractivity contribution < 1.29 is 9.53 Å². The number of hydrogen-bond acceptors (Lipinski definition) is 3. The summed E-state index contributed by atoms with van der Waals surface area (Å²) in [5.41, 5.74) is 3.21. The molecule has 1 amide bonds. The first-order chi connectivity index (χ1) is 9.33. The molecule has 1 atom stereocenters. The van der Waals surface area contributed by atoms with Gasteiger partial charge < -0.3 is 15.0 Å². The summed E-state index contributed by atoms with van der Waals surface area (Å²) in [5, 5.41) is 3.22. The van der Waals surface area contributed by atoms with Gasteiger partial charge in [-0.05, 0) is 51.3 Å². The summed E-state index contributed by atoms with van der Waals surface area (Å²) >= 11 is 0. The first-order valence-corrected chi connectivity index (χ1v) is 7.12.